The number of piperidine rings is 1. The number of benzene rings is 1. The Bertz CT molecular complexity index is 436. The molecule has 0 bridgehead atoms. The number of nitrogens with one attached hydrogen (secondary N) is 1. The van der Waals surface area contributed by atoms with Gasteiger partial charge in [-0.2, -0.15) is 0 Å². The molecule has 0 aliphatic carbocycles. The number of carbonyl (C=O) groups is 1. The summed E-state index contributed by atoms with van der Waals surface area (Å²) >= 11 is 0. The zero-order chi connectivity index (χ0) is 15.6. The summed E-state index contributed by atoms with van der Waals surface area (Å²) < 4.78 is 5.50. The van der Waals surface area contributed by atoms with E-state index in [0.29, 0.717) is 12.6 Å². The van der Waals surface area contributed by atoms with Crippen LogP contribution in [0.25, 0.3) is 0 Å². The van der Waals surface area contributed by atoms with Crippen molar-refractivity contribution in [2.45, 2.75) is 45.1 Å². The van der Waals surface area contributed by atoms with E-state index < -0.39 is 0 Å². The number of amides is 1. The third-order valence-electron chi connectivity index (χ3n) is 4.13. The predicted octanol–water partition coefficient (Wildman–Crippen LogP) is 3.64. The molecule has 130 valence electrons. The molecule has 0 spiro atoms. The van der Waals surface area contributed by atoms with Gasteiger partial charge in [-0.05, 0) is 50.8 Å². The van der Waals surface area contributed by atoms with Gasteiger partial charge in [0.2, 0.25) is 0 Å². The second-order valence-corrected chi connectivity index (χ2v) is 5.88. The molecule has 4 nitrogen and oxygen atoms in total. The number of carbonyl (C=O) groups excluding carboxylic acids is 1. The highest BCUT2D eigenvalue weighted by Gasteiger charge is 2.25. The van der Waals surface area contributed by atoms with E-state index in [1.54, 1.807) is 0 Å². The predicted molar refractivity (Wildman–Crippen MR) is 96.2 cm³/mol. The van der Waals surface area contributed by atoms with Crippen LogP contribution in [-0.2, 0) is 11.2 Å². The van der Waals surface area contributed by atoms with Gasteiger partial charge in [-0.3, -0.25) is 0 Å². The topological polar surface area (TPSA) is 41.6 Å². The average molecular weight is 341 g/mol. The monoisotopic (exact) mass is 340 g/mol. The number of hydrogen-bond acceptors (Lipinski definition) is 3. The first-order valence-electron chi connectivity index (χ1n) is 8.49. The molecule has 1 aromatic carbocycles. The largest absolute Gasteiger partial charge is 0.449 e. The first kappa shape index (κ1) is 19.8. The van der Waals surface area contributed by atoms with Gasteiger partial charge in [0.25, 0.3) is 0 Å². The quantitative estimate of drug-likeness (QED) is 0.770. The average Bonchev–Trinajstić information content (AvgIpc) is 2.58. The van der Waals surface area contributed by atoms with Crippen molar-refractivity contribution in [3.8, 4) is 0 Å². The van der Waals surface area contributed by atoms with E-state index in [1.807, 2.05) is 23.1 Å². The van der Waals surface area contributed by atoms with Gasteiger partial charge in [-0.15, -0.1) is 12.4 Å². The van der Waals surface area contributed by atoms with Crippen molar-refractivity contribution in [2.75, 3.05) is 26.2 Å². The summed E-state index contributed by atoms with van der Waals surface area (Å²) in [5, 5.41) is 3.34. The molecular formula is C18H29ClN2O2. The van der Waals surface area contributed by atoms with Crippen molar-refractivity contribution in [1.82, 2.24) is 10.2 Å². The van der Waals surface area contributed by atoms with Crippen molar-refractivity contribution in [3.05, 3.63) is 35.9 Å². The Kier molecular flexibility index (Phi) is 9.72. The highest BCUT2D eigenvalue weighted by atomic mass is 35.5. The maximum atomic E-state index is 12.3. The summed E-state index contributed by atoms with van der Waals surface area (Å²) in [5.74, 6) is 0. The number of rotatable bonds is 7. The second kappa shape index (κ2) is 11.3. The Morgan fingerprint density at radius 1 is 1.26 bits per heavy atom. The highest BCUT2D eigenvalue weighted by Crippen LogP contribution is 2.14. The molecule has 0 radical (unpaired) electrons. The highest BCUT2D eigenvalue weighted by molar-refractivity contribution is 5.85. The summed E-state index contributed by atoms with van der Waals surface area (Å²) in [5.41, 5.74) is 1.29. The summed E-state index contributed by atoms with van der Waals surface area (Å²) in [4.78, 5) is 14.3. The SMILES string of the molecule is CCCN(C(=O)OCCCc1ccccc1)C1CCNCC1.Cl. The van der Waals surface area contributed by atoms with Crippen LogP contribution in [0.1, 0.15) is 38.2 Å². The third-order valence-corrected chi connectivity index (χ3v) is 4.13. The van der Waals surface area contributed by atoms with E-state index in [1.165, 1.54) is 5.56 Å². The molecule has 1 fully saturated rings. The molecule has 1 aromatic rings. The number of nitrogens with zero attached hydrogens (tertiary/aromatic N) is 1. The van der Waals surface area contributed by atoms with Gasteiger partial charge in [0, 0.05) is 12.6 Å². The lowest BCUT2D eigenvalue weighted by Gasteiger charge is -2.33. The van der Waals surface area contributed by atoms with Crippen LogP contribution in [0.15, 0.2) is 30.3 Å². The number of halogens is 1. The molecule has 0 atom stereocenters. The van der Waals surface area contributed by atoms with Crippen LogP contribution in [-0.4, -0.2) is 43.3 Å². The Morgan fingerprint density at radius 3 is 2.61 bits per heavy atom. The van der Waals surface area contributed by atoms with E-state index >= 15 is 0 Å². The van der Waals surface area contributed by atoms with Crippen LogP contribution in [0, 0.1) is 0 Å². The zero-order valence-corrected chi connectivity index (χ0v) is 14.8. The van der Waals surface area contributed by atoms with Gasteiger partial charge in [0.05, 0.1) is 6.61 Å². The van der Waals surface area contributed by atoms with E-state index in [-0.39, 0.29) is 18.5 Å². The maximum absolute atomic E-state index is 12.3. The third kappa shape index (κ3) is 6.80. The van der Waals surface area contributed by atoms with Crippen LogP contribution < -0.4 is 5.32 Å². The maximum Gasteiger partial charge on any atom is 0.410 e. The summed E-state index contributed by atoms with van der Waals surface area (Å²) in [7, 11) is 0. The van der Waals surface area contributed by atoms with Gasteiger partial charge in [-0.1, -0.05) is 37.3 Å². The molecule has 23 heavy (non-hydrogen) atoms. The normalized spacial score (nSPS) is 14.8. The molecule has 1 saturated heterocycles. The first-order valence-corrected chi connectivity index (χ1v) is 8.49. The van der Waals surface area contributed by atoms with E-state index in [4.69, 9.17) is 4.74 Å². The van der Waals surface area contributed by atoms with Crippen LogP contribution in [0.5, 0.6) is 0 Å². The Hall–Kier alpha value is -1.26. The minimum Gasteiger partial charge on any atom is -0.449 e. The molecule has 2 rings (SSSR count). The molecule has 1 aliphatic heterocycles. The standard InChI is InChI=1S/C18H28N2O2.ClH/c1-2-14-20(17-10-12-19-13-11-17)18(21)22-15-6-9-16-7-4-3-5-8-16;/h3-5,7-8,17,19H,2,6,9-15H2,1H3;1H. The van der Waals surface area contributed by atoms with Crippen molar-refractivity contribution < 1.29 is 9.53 Å². The number of aryl methyl sites for hydroxylation is 1. The fourth-order valence-electron chi connectivity index (χ4n) is 2.95. The molecule has 5 heteroatoms. The van der Waals surface area contributed by atoms with E-state index in [9.17, 15) is 4.79 Å². The van der Waals surface area contributed by atoms with Gasteiger partial charge >= 0.3 is 6.09 Å². The Balaban J connectivity index is 0.00000264. The fraction of sp³-hybridized carbons (Fsp3) is 0.611. The zero-order valence-electron chi connectivity index (χ0n) is 14.0. The van der Waals surface area contributed by atoms with Crippen molar-refractivity contribution in [3.63, 3.8) is 0 Å². The number of hydrogen-bond donors (Lipinski definition) is 1. The van der Waals surface area contributed by atoms with Crippen molar-refractivity contribution in [1.29, 1.82) is 0 Å². The smallest absolute Gasteiger partial charge is 0.410 e. The van der Waals surface area contributed by atoms with Crippen LogP contribution >= 0.6 is 12.4 Å². The minimum atomic E-state index is -0.137. The summed E-state index contributed by atoms with van der Waals surface area (Å²) in [6.07, 6.45) is 4.72. The molecule has 1 N–H and O–H groups in total. The fourth-order valence-corrected chi connectivity index (χ4v) is 2.95. The lowest BCUT2D eigenvalue weighted by Crippen LogP contribution is -2.46. The van der Waals surface area contributed by atoms with Crippen molar-refractivity contribution >= 4 is 18.5 Å². The van der Waals surface area contributed by atoms with E-state index in [0.717, 1.165) is 51.7 Å². The molecular weight excluding hydrogens is 312 g/mol. The first-order chi connectivity index (χ1) is 10.8. The molecule has 0 aromatic heterocycles. The van der Waals surface area contributed by atoms with E-state index in [2.05, 4.69) is 24.4 Å². The van der Waals surface area contributed by atoms with Crippen molar-refractivity contribution in [2.24, 2.45) is 0 Å². The van der Waals surface area contributed by atoms with Gasteiger partial charge in [0.15, 0.2) is 0 Å². The molecule has 1 aliphatic rings. The summed E-state index contributed by atoms with van der Waals surface area (Å²) in [6.45, 7) is 5.39. The molecule has 0 unspecified atom stereocenters. The molecule has 0 saturated carbocycles. The lowest BCUT2D eigenvalue weighted by atomic mass is 10.1. The molecule has 1 amide bonds. The lowest BCUT2D eigenvalue weighted by molar-refractivity contribution is 0.0778. The second-order valence-electron chi connectivity index (χ2n) is 5.88. The van der Waals surface area contributed by atoms with Gasteiger partial charge in [0.1, 0.15) is 0 Å². The van der Waals surface area contributed by atoms with Crippen LogP contribution in [0.2, 0.25) is 0 Å². The Morgan fingerprint density at radius 2 is 1.96 bits per heavy atom. The summed E-state index contributed by atoms with van der Waals surface area (Å²) in [6, 6.07) is 10.7. The van der Waals surface area contributed by atoms with Gasteiger partial charge < -0.3 is 15.0 Å². The number of ether oxygens (including phenoxy) is 1. The Labute approximate surface area is 146 Å². The van der Waals surface area contributed by atoms with Crippen LogP contribution in [0.3, 0.4) is 0 Å². The molecule has 1 heterocycles. The van der Waals surface area contributed by atoms with Gasteiger partial charge in [-0.25, -0.2) is 4.79 Å². The van der Waals surface area contributed by atoms with Crippen LogP contribution in [0.4, 0.5) is 4.79 Å². The minimum absolute atomic E-state index is 0.